The van der Waals surface area contributed by atoms with E-state index < -0.39 is 0 Å². The molecule has 38 heavy (non-hydrogen) atoms. The number of hydrogen-bond donors (Lipinski definition) is 0. The maximum atomic E-state index is 13.6. The summed E-state index contributed by atoms with van der Waals surface area (Å²) in [5, 5.41) is 8.64. The first-order valence-corrected chi connectivity index (χ1v) is 14.3. The van der Waals surface area contributed by atoms with E-state index in [0.717, 1.165) is 53.8 Å². The molecule has 1 saturated heterocycles. The van der Waals surface area contributed by atoms with Crippen molar-refractivity contribution in [1.29, 1.82) is 0 Å². The number of unbranched alkanes of at least 4 members (excludes halogenated alkanes) is 2. The largest absolute Gasteiger partial charge is 0.289 e. The van der Waals surface area contributed by atoms with Gasteiger partial charge in [-0.25, -0.2) is 0 Å². The van der Waals surface area contributed by atoms with Gasteiger partial charge in [-0.2, -0.15) is 0 Å². The number of benzene rings is 2. The number of Topliss-reactive ketones (excluding diaryl/α,β-unsaturated/α-hetero) is 1. The zero-order chi connectivity index (χ0) is 26.7. The van der Waals surface area contributed by atoms with Crippen molar-refractivity contribution in [3.63, 3.8) is 0 Å². The van der Waals surface area contributed by atoms with Crippen molar-refractivity contribution >= 4 is 17.9 Å². The van der Waals surface area contributed by atoms with E-state index in [1.807, 2.05) is 10.9 Å². The van der Waals surface area contributed by atoms with E-state index in [2.05, 4.69) is 96.7 Å². The van der Waals surface area contributed by atoms with E-state index in [0.29, 0.717) is 19.6 Å². The Labute approximate surface area is 228 Å². The Bertz CT molecular complexity index is 1160. The van der Waals surface area contributed by atoms with Gasteiger partial charge in [0.15, 0.2) is 5.78 Å². The van der Waals surface area contributed by atoms with Crippen molar-refractivity contribution in [2.45, 2.75) is 78.8 Å². The molecule has 0 unspecified atom stereocenters. The number of ketones is 1. The number of piperidine rings is 1. The number of carbonyl (C=O) groups is 1. The normalized spacial score (nSPS) is 16.6. The van der Waals surface area contributed by atoms with Crippen molar-refractivity contribution in [1.82, 2.24) is 19.9 Å². The smallest absolute Gasteiger partial charge is 0.187 e. The van der Waals surface area contributed by atoms with E-state index >= 15 is 0 Å². The maximum absolute atomic E-state index is 13.6. The SMILES string of the molecule is CCCCc1ccc(C=C2CN(Cc3cn(CCC)nn3)CC(=Cc3ccc(CCCC)cc3)C2=O)cc1. The second kappa shape index (κ2) is 14.0. The third-order valence-corrected chi connectivity index (χ3v) is 7.07. The van der Waals surface area contributed by atoms with Gasteiger partial charge >= 0.3 is 0 Å². The maximum Gasteiger partial charge on any atom is 0.187 e. The Hall–Kier alpha value is -3.31. The van der Waals surface area contributed by atoms with Gasteiger partial charge in [0.25, 0.3) is 0 Å². The number of aromatic nitrogens is 3. The monoisotopic (exact) mass is 510 g/mol. The molecular formula is C33H42N4O. The Balaban J connectivity index is 1.58. The van der Waals surface area contributed by atoms with Gasteiger partial charge in [-0.1, -0.05) is 87.4 Å². The van der Waals surface area contributed by atoms with Gasteiger partial charge in [-0.15, -0.1) is 5.10 Å². The molecule has 0 radical (unpaired) electrons. The summed E-state index contributed by atoms with van der Waals surface area (Å²) < 4.78 is 1.90. The Kier molecular flexibility index (Phi) is 10.2. The fraction of sp³-hybridized carbons (Fsp3) is 0.424. The van der Waals surface area contributed by atoms with Crippen LogP contribution < -0.4 is 0 Å². The van der Waals surface area contributed by atoms with Gasteiger partial charge in [0.1, 0.15) is 0 Å². The van der Waals surface area contributed by atoms with Crippen LogP contribution in [0, 0.1) is 0 Å². The molecule has 1 aliphatic rings. The summed E-state index contributed by atoms with van der Waals surface area (Å²) >= 11 is 0. The predicted molar refractivity (Wildman–Crippen MR) is 157 cm³/mol. The molecule has 4 rings (SSSR count). The van der Waals surface area contributed by atoms with Crippen LogP contribution in [0.5, 0.6) is 0 Å². The van der Waals surface area contributed by atoms with Gasteiger partial charge in [0, 0.05) is 43.5 Å². The van der Waals surface area contributed by atoms with Crippen LogP contribution in [0.1, 0.15) is 80.8 Å². The van der Waals surface area contributed by atoms with E-state index in [1.165, 1.54) is 36.8 Å². The van der Waals surface area contributed by atoms with Gasteiger partial charge in [0.05, 0.1) is 5.69 Å². The molecule has 2 aromatic carbocycles. The first kappa shape index (κ1) is 27.7. The number of carbonyl (C=O) groups excluding carboxylic acids is 1. The first-order chi connectivity index (χ1) is 18.6. The van der Waals surface area contributed by atoms with Crippen LogP contribution in [0.2, 0.25) is 0 Å². The van der Waals surface area contributed by atoms with Gasteiger partial charge < -0.3 is 0 Å². The lowest BCUT2D eigenvalue weighted by atomic mass is 9.93. The number of rotatable bonds is 12. The van der Waals surface area contributed by atoms with Gasteiger partial charge in [-0.3, -0.25) is 14.4 Å². The minimum absolute atomic E-state index is 0.140. The molecule has 5 nitrogen and oxygen atoms in total. The van der Waals surface area contributed by atoms with E-state index in [4.69, 9.17) is 0 Å². The lowest BCUT2D eigenvalue weighted by Crippen LogP contribution is -2.37. The fourth-order valence-corrected chi connectivity index (χ4v) is 4.93. The summed E-state index contributed by atoms with van der Waals surface area (Å²) in [5.41, 5.74) is 7.43. The quantitative estimate of drug-likeness (QED) is 0.248. The fourth-order valence-electron chi connectivity index (χ4n) is 4.93. The lowest BCUT2D eigenvalue weighted by molar-refractivity contribution is -0.113. The highest BCUT2D eigenvalue weighted by atomic mass is 16.1. The van der Waals surface area contributed by atoms with Crippen LogP contribution in [-0.4, -0.2) is 38.8 Å². The van der Waals surface area contributed by atoms with E-state index in [9.17, 15) is 4.79 Å². The average Bonchev–Trinajstić information content (AvgIpc) is 3.37. The number of aryl methyl sites for hydroxylation is 3. The summed E-state index contributed by atoms with van der Waals surface area (Å²) in [7, 11) is 0. The molecule has 0 aliphatic carbocycles. The summed E-state index contributed by atoms with van der Waals surface area (Å²) in [6.07, 6.45) is 14.2. The van der Waals surface area contributed by atoms with Crippen LogP contribution in [0.3, 0.4) is 0 Å². The van der Waals surface area contributed by atoms with Gasteiger partial charge in [0.2, 0.25) is 0 Å². The van der Waals surface area contributed by atoms with Crippen LogP contribution in [0.15, 0.2) is 65.9 Å². The molecule has 3 aromatic rings. The second-order valence-corrected chi connectivity index (χ2v) is 10.5. The molecule has 1 fully saturated rings. The summed E-state index contributed by atoms with van der Waals surface area (Å²) in [4.78, 5) is 15.9. The third kappa shape index (κ3) is 7.84. The molecule has 5 heteroatoms. The van der Waals surface area contributed by atoms with Crippen molar-refractivity contribution in [2.24, 2.45) is 0 Å². The highest BCUT2D eigenvalue weighted by molar-refractivity contribution is 6.14. The minimum atomic E-state index is 0.140. The predicted octanol–water partition coefficient (Wildman–Crippen LogP) is 6.93. The highest BCUT2D eigenvalue weighted by Crippen LogP contribution is 2.24. The molecule has 1 aromatic heterocycles. The van der Waals surface area contributed by atoms with E-state index in [-0.39, 0.29) is 5.78 Å². The van der Waals surface area contributed by atoms with Crippen molar-refractivity contribution < 1.29 is 4.79 Å². The Morgan fingerprint density at radius 3 is 1.76 bits per heavy atom. The second-order valence-electron chi connectivity index (χ2n) is 10.5. The summed E-state index contributed by atoms with van der Waals surface area (Å²) in [6.45, 7) is 9.31. The summed E-state index contributed by atoms with van der Waals surface area (Å²) in [6, 6.07) is 17.3. The van der Waals surface area contributed by atoms with Crippen molar-refractivity contribution in [3.05, 3.63) is 93.8 Å². The molecule has 1 aliphatic heterocycles. The molecule has 0 N–H and O–H groups in total. The molecule has 0 bridgehead atoms. The highest BCUT2D eigenvalue weighted by Gasteiger charge is 2.26. The molecule has 0 atom stereocenters. The first-order valence-electron chi connectivity index (χ1n) is 14.3. The average molecular weight is 511 g/mol. The number of nitrogens with zero attached hydrogens (tertiary/aromatic N) is 4. The number of likely N-dealkylation sites (tertiary alicyclic amines) is 1. The molecular weight excluding hydrogens is 468 g/mol. The van der Waals surface area contributed by atoms with Gasteiger partial charge in [-0.05, 0) is 66.5 Å². The van der Waals surface area contributed by atoms with E-state index in [1.54, 1.807) is 0 Å². The van der Waals surface area contributed by atoms with Crippen molar-refractivity contribution in [2.75, 3.05) is 13.1 Å². The Morgan fingerprint density at radius 1 is 0.763 bits per heavy atom. The standard InChI is InChI=1S/C33H42N4O/c1-4-7-9-26-11-15-28(16-12-26)20-30-22-36(24-32-25-37(19-6-3)35-34-32)23-31(33(30)38)21-29-17-13-27(14-18-29)10-8-5-2/h11-18,20-21,25H,4-10,19,22-24H2,1-3H3. The minimum Gasteiger partial charge on any atom is -0.289 e. The lowest BCUT2D eigenvalue weighted by Gasteiger charge is -2.29. The molecule has 0 amide bonds. The summed E-state index contributed by atoms with van der Waals surface area (Å²) in [5.74, 6) is 0.140. The zero-order valence-corrected chi connectivity index (χ0v) is 23.3. The third-order valence-electron chi connectivity index (χ3n) is 7.07. The molecule has 0 spiro atoms. The molecule has 200 valence electrons. The van der Waals surface area contributed by atoms with Crippen LogP contribution in [0.25, 0.3) is 12.2 Å². The van der Waals surface area contributed by atoms with Crippen LogP contribution in [-0.2, 0) is 30.7 Å². The Morgan fingerprint density at radius 2 is 1.29 bits per heavy atom. The zero-order valence-electron chi connectivity index (χ0n) is 23.3. The topological polar surface area (TPSA) is 51.0 Å². The van der Waals surface area contributed by atoms with Crippen LogP contribution >= 0.6 is 0 Å². The molecule has 0 saturated carbocycles. The van der Waals surface area contributed by atoms with Crippen molar-refractivity contribution in [3.8, 4) is 0 Å². The van der Waals surface area contributed by atoms with Crippen LogP contribution in [0.4, 0.5) is 0 Å². The number of hydrogen-bond acceptors (Lipinski definition) is 4. The molecule has 2 heterocycles.